The molecule has 70 heavy (non-hydrogen) atoms. The van der Waals surface area contributed by atoms with E-state index in [1.54, 1.807) is 22.3 Å². The topological polar surface area (TPSA) is 0 Å². The van der Waals surface area contributed by atoms with Crippen molar-refractivity contribution in [2.75, 3.05) is 0 Å². The zero-order valence-electron chi connectivity index (χ0n) is 47.1. The molecule has 6 aromatic carbocycles. The number of fused-ring (bicyclic) bond motifs is 2. The molecule has 0 bridgehead atoms. The fraction of sp³-hybridized carbons (Fsp3) is 0.412. The van der Waals surface area contributed by atoms with Crippen LogP contribution in [0.2, 0.25) is 9.26 Å². The molecule has 0 aromatic heterocycles. The fourth-order valence-corrected chi connectivity index (χ4v) is 31.6. The van der Waals surface area contributed by atoms with Gasteiger partial charge in [-0.3, -0.25) is 0 Å². The van der Waals surface area contributed by atoms with Crippen molar-refractivity contribution in [2.45, 2.75) is 163 Å². The molecular weight excluding hydrogens is 936 g/mol. The molecule has 8 rings (SSSR count). The van der Waals surface area contributed by atoms with E-state index in [1.807, 2.05) is 0 Å². The Balaban J connectivity index is 1.46. The van der Waals surface area contributed by atoms with E-state index in [1.165, 1.54) is 77.9 Å². The first-order valence-electron chi connectivity index (χ1n) is 26.3. The van der Waals surface area contributed by atoms with Crippen molar-refractivity contribution in [3.63, 3.8) is 0 Å². The molecule has 6 aromatic rings. The third-order valence-corrected chi connectivity index (χ3v) is 33.4. The average Bonchev–Trinajstić information content (AvgIpc) is 3.89. The van der Waals surface area contributed by atoms with Crippen molar-refractivity contribution < 1.29 is 17.4 Å². The Labute approximate surface area is 428 Å². The maximum atomic E-state index is 2.87. The molecule has 0 nitrogen and oxygen atoms in total. The van der Waals surface area contributed by atoms with Crippen LogP contribution in [0.1, 0.15) is 176 Å². The Morgan fingerprint density at radius 1 is 0.300 bits per heavy atom. The molecule has 2 atom stereocenters. The van der Waals surface area contributed by atoms with E-state index in [0.29, 0.717) is 0 Å². The minimum absolute atomic E-state index is 0.0681. The molecule has 0 fully saturated rings. The zero-order chi connectivity index (χ0) is 51.6. The summed E-state index contributed by atoms with van der Waals surface area (Å²) in [5.41, 5.74) is 25.6. The van der Waals surface area contributed by atoms with Gasteiger partial charge in [0.1, 0.15) is 0 Å². The number of allylic oxidation sites excluding steroid dienone is 2. The van der Waals surface area contributed by atoms with Crippen LogP contribution >= 0.6 is 0 Å². The van der Waals surface area contributed by atoms with E-state index in [4.69, 9.17) is 0 Å². The Bertz CT molecular complexity index is 2890. The predicted octanol–water partition coefficient (Wildman–Crippen LogP) is 19.5. The van der Waals surface area contributed by atoms with Crippen LogP contribution in [0.3, 0.4) is 0 Å². The predicted molar refractivity (Wildman–Crippen MR) is 310 cm³/mol. The van der Waals surface area contributed by atoms with Gasteiger partial charge in [-0.25, -0.2) is 0 Å². The third kappa shape index (κ3) is 9.65. The van der Waals surface area contributed by atoms with E-state index < -0.39 is 17.4 Å². The normalized spacial score (nSPS) is 17.0. The first-order chi connectivity index (χ1) is 32.1. The summed E-state index contributed by atoms with van der Waals surface area (Å²) in [4.78, 5) is 0. The van der Waals surface area contributed by atoms with Crippen LogP contribution in [-0.4, -0.2) is 6.88 Å². The minimum atomic E-state index is -4.43. The monoisotopic (exact) mass is 1020 g/mol. The average molecular weight is 1020 g/mol. The van der Waals surface area contributed by atoms with E-state index in [9.17, 15) is 0 Å². The number of hydrogen-bond acceptors (Lipinski definition) is 0. The number of rotatable bonds is 6. The van der Waals surface area contributed by atoms with Gasteiger partial charge in [0, 0.05) is 0 Å². The van der Waals surface area contributed by atoms with Crippen molar-refractivity contribution in [1.82, 2.24) is 0 Å². The van der Waals surface area contributed by atoms with Crippen LogP contribution in [-0.2, 0) is 39.1 Å². The van der Waals surface area contributed by atoms with Crippen molar-refractivity contribution >= 4 is 19.0 Å². The Hall–Kier alpha value is -4.10. The quantitative estimate of drug-likeness (QED) is 0.146. The SMILES string of the molecule is CC(C)(C)C1=Cc2c(-c3ccc(C(C)(C)C)cc3)ccc(-c3ccc(C(C)(C)C)cc3)c2[CH]1[Zr]([CH3])([CH3])(=[SiH2])[CH]1C(C(C)(C)C)=Cc2c(-c3ccc(C(C)(C)C)cc3)ccc(-c3ccc(C(C)(C)C)cc3)c21. The first-order valence-corrected chi connectivity index (χ1v) is 40.0. The Morgan fingerprint density at radius 3 is 0.729 bits per heavy atom. The molecule has 2 unspecified atom stereocenters. The van der Waals surface area contributed by atoms with Crippen LogP contribution in [0.25, 0.3) is 56.7 Å². The summed E-state index contributed by atoms with van der Waals surface area (Å²) in [6, 6.07) is 48.2. The molecule has 0 aliphatic heterocycles. The number of benzene rings is 6. The van der Waals surface area contributed by atoms with E-state index in [2.05, 4.69) is 274 Å². The van der Waals surface area contributed by atoms with Gasteiger partial charge in [-0.05, 0) is 0 Å². The van der Waals surface area contributed by atoms with Crippen molar-refractivity contribution in [3.8, 4) is 44.5 Å². The molecule has 2 heteroatoms. The molecule has 0 N–H and O–H groups in total. The van der Waals surface area contributed by atoms with Crippen molar-refractivity contribution in [2.24, 2.45) is 10.8 Å². The van der Waals surface area contributed by atoms with Gasteiger partial charge in [-0.2, -0.15) is 0 Å². The summed E-state index contributed by atoms with van der Waals surface area (Å²) >= 11 is -4.43. The summed E-state index contributed by atoms with van der Waals surface area (Å²) in [6.45, 7) is 45.3. The second-order valence-corrected chi connectivity index (χ2v) is 59.3. The van der Waals surface area contributed by atoms with Gasteiger partial charge in [0.25, 0.3) is 0 Å². The molecule has 0 saturated heterocycles. The summed E-state index contributed by atoms with van der Waals surface area (Å²) in [5, 5.41) is 0. The molecule has 366 valence electrons. The summed E-state index contributed by atoms with van der Waals surface area (Å²) in [5.74, 6) is 0. The van der Waals surface area contributed by atoms with E-state index in [0.717, 1.165) is 0 Å². The summed E-state index contributed by atoms with van der Waals surface area (Å²) in [7, 11) is 0. The van der Waals surface area contributed by atoms with Gasteiger partial charge in [-0.1, -0.05) is 0 Å². The standard InChI is InChI=1S/2C33H39.2CH3.H2Si.Zr/c2*1-31(2,3)24-14-10-22(11-15-24)27-18-19-28(23-12-16-25(17-13-23)32(4,5)6)30-21-26(20-29(27)30)33(7,8)9;;;;/h2*10-21H,1-9H3;2*1H3;1H2;. The molecular formula is C68H86SiZr. The molecule has 0 spiro atoms. The van der Waals surface area contributed by atoms with Gasteiger partial charge >= 0.3 is 432 Å². The van der Waals surface area contributed by atoms with Crippen molar-refractivity contribution in [1.29, 1.82) is 0 Å². The van der Waals surface area contributed by atoms with Gasteiger partial charge < -0.3 is 0 Å². The second-order valence-electron chi connectivity index (χ2n) is 28.8. The third-order valence-electron chi connectivity index (χ3n) is 16.2. The van der Waals surface area contributed by atoms with Crippen LogP contribution in [0.4, 0.5) is 0 Å². The Morgan fingerprint density at radius 2 is 0.514 bits per heavy atom. The number of hydrogen-bond donors (Lipinski definition) is 0. The molecule has 0 radical (unpaired) electrons. The molecule has 2 aliphatic rings. The van der Waals surface area contributed by atoms with Gasteiger partial charge in [-0.15, -0.1) is 0 Å². The van der Waals surface area contributed by atoms with Crippen LogP contribution in [0.15, 0.2) is 132 Å². The molecule has 0 amide bonds. The van der Waals surface area contributed by atoms with Crippen LogP contribution in [0.5, 0.6) is 0 Å². The molecule has 0 heterocycles. The second kappa shape index (κ2) is 17.3. The van der Waals surface area contributed by atoms with Crippen LogP contribution in [0, 0.1) is 10.8 Å². The molecule has 2 aliphatic carbocycles. The van der Waals surface area contributed by atoms with Gasteiger partial charge in [0.2, 0.25) is 0 Å². The first kappa shape index (κ1) is 52.2. The van der Waals surface area contributed by atoms with Crippen molar-refractivity contribution in [3.05, 3.63) is 177 Å². The maximum absolute atomic E-state index is 4.43. The van der Waals surface area contributed by atoms with E-state index in [-0.39, 0.29) is 39.7 Å². The van der Waals surface area contributed by atoms with Gasteiger partial charge in [0.15, 0.2) is 0 Å². The fourth-order valence-electron chi connectivity index (χ4n) is 12.0. The zero-order valence-corrected chi connectivity index (χ0v) is 50.9. The van der Waals surface area contributed by atoms with Crippen LogP contribution < -0.4 is 0 Å². The van der Waals surface area contributed by atoms with Gasteiger partial charge in [0.05, 0.1) is 0 Å². The summed E-state index contributed by atoms with van der Waals surface area (Å²) in [6.07, 6.45) is 5.40. The Kier molecular flexibility index (Phi) is 12.9. The van der Waals surface area contributed by atoms with E-state index >= 15 is 0 Å². The molecule has 0 saturated carbocycles. The summed E-state index contributed by atoms with van der Waals surface area (Å²) < 4.78 is 6.31.